The van der Waals surface area contributed by atoms with Crippen molar-refractivity contribution < 1.29 is 9.90 Å². The zero-order valence-electron chi connectivity index (χ0n) is 12.4. The van der Waals surface area contributed by atoms with E-state index in [1.54, 1.807) is 0 Å². The molecule has 1 aliphatic carbocycles. The Kier molecular flexibility index (Phi) is 3.97. The van der Waals surface area contributed by atoms with Gasteiger partial charge in [-0.2, -0.15) is 0 Å². The molecular weight excluding hydrogens is 272 g/mol. The number of aliphatic carboxylic acids is 1. The molecule has 0 radical (unpaired) electrons. The first-order valence-electron chi connectivity index (χ1n) is 6.95. The summed E-state index contributed by atoms with van der Waals surface area (Å²) in [6, 6.07) is 8.14. The number of halogens is 1. The van der Waals surface area contributed by atoms with Crippen molar-refractivity contribution in [3.63, 3.8) is 0 Å². The molecule has 1 N–H and O–H groups in total. The monoisotopic (exact) mass is 292 g/mol. The van der Waals surface area contributed by atoms with E-state index in [1.807, 2.05) is 32.1 Å². The van der Waals surface area contributed by atoms with Crippen LogP contribution in [0.1, 0.15) is 44.7 Å². The molecule has 0 spiro atoms. The maximum absolute atomic E-state index is 11.2. The molecule has 20 heavy (non-hydrogen) atoms. The molecular formula is C17H21ClO2. The van der Waals surface area contributed by atoms with Crippen molar-refractivity contribution >= 4 is 22.6 Å². The van der Waals surface area contributed by atoms with Crippen molar-refractivity contribution in [3.05, 3.63) is 41.5 Å². The normalized spacial score (nSPS) is 24.8. The number of allylic oxidation sites excluding steroid dienone is 1. The first kappa shape index (κ1) is 15.1. The first-order chi connectivity index (χ1) is 9.25. The lowest BCUT2D eigenvalue weighted by Crippen LogP contribution is -2.03. The molecule has 0 amide bonds. The van der Waals surface area contributed by atoms with Crippen LogP contribution >= 0.6 is 11.6 Å². The Labute approximate surface area is 125 Å². The lowest BCUT2D eigenvalue weighted by molar-refractivity contribution is -0.139. The Morgan fingerprint density at radius 3 is 2.25 bits per heavy atom. The molecule has 0 aliphatic heterocycles. The number of carboxylic acids is 1. The van der Waals surface area contributed by atoms with Crippen molar-refractivity contribution in [2.24, 2.45) is 17.3 Å². The van der Waals surface area contributed by atoms with Crippen LogP contribution in [0.3, 0.4) is 0 Å². The van der Waals surface area contributed by atoms with E-state index in [-0.39, 0.29) is 17.3 Å². The van der Waals surface area contributed by atoms with Gasteiger partial charge in [0, 0.05) is 5.03 Å². The van der Waals surface area contributed by atoms with Crippen LogP contribution in [-0.4, -0.2) is 11.1 Å². The topological polar surface area (TPSA) is 37.3 Å². The van der Waals surface area contributed by atoms with Crippen LogP contribution in [0.25, 0.3) is 5.03 Å². The second-order valence-corrected chi connectivity index (χ2v) is 6.86. The molecule has 0 saturated heterocycles. The Bertz CT molecular complexity index is 541. The molecule has 1 aromatic carbocycles. The van der Waals surface area contributed by atoms with E-state index in [1.165, 1.54) is 5.56 Å². The number of rotatable bonds is 4. The SMILES string of the molecule is CC(C)c1ccc(C(Cl)=CC2C(C(=O)O)C2(C)C)cc1. The van der Waals surface area contributed by atoms with E-state index in [9.17, 15) is 4.79 Å². The smallest absolute Gasteiger partial charge is 0.307 e. The van der Waals surface area contributed by atoms with Gasteiger partial charge in [0.1, 0.15) is 0 Å². The van der Waals surface area contributed by atoms with Gasteiger partial charge in [0.15, 0.2) is 0 Å². The van der Waals surface area contributed by atoms with Crippen molar-refractivity contribution in [1.29, 1.82) is 0 Å². The van der Waals surface area contributed by atoms with Gasteiger partial charge in [0.05, 0.1) is 5.92 Å². The molecule has 1 saturated carbocycles. The largest absolute Gasteiger partial charge is 0.481 e. The molecule has 0 heterocycles. The van der Waals surface area contributed by atoms with Crippen molar-refractivity contribution in [1.82, 2.24) is 0 Å². The van der Waals surface area contributed by atoms with E-state index in [4.69, 9.17) is 16.7 Å². The van der Waals surface area contributed by atoms with Crippen LogP contribution in [0, 0.1) is 17.3 Å². The summed E-state index contributed by atoms with van der Waals surface area (Å²) in [5.74, 6) is -0.565. The predicted molar refractivity (Wildman–Crippen MR) is 82.8 cm³/mol. The molecule has 2 unspecified atom stereocenters. The molecule has 108 valence electrons. The average Bonchev–Trinajstić information content (AvgIpc) is 2.91. The standard InChI is InChI=1S/C17H21ClO2/c1-10(2)11-5-7-12(8-6-11)14(18)9-13-15(16(19)20)17(13,3)4/h5-10,13,15H,1-4H3,(H,19,20). The lowest BCUT2D eigenvalue weighted by Gasteiger charge is -2.06. The van der Waals surface area contributed by atoms with E-state index < -0.39 is 5.97 Å². The third-order valence-corrected chi connectivity index (χ3v) is 4.70. The fourth-order valence-corrected chi connectivity index (χ4v) is 3.00. The van der Waals surface area contributed by atoms with Gasteiger partial charge in [0.2, 0.25) is 0 Å². The molecule has 2 nitrogen and oxygen atoms in total. The molecule has 3 heteroatoms. The fraction of sp³-hybridized carbons (Fsp3) is 0.471. The average molecular weight is 293 g/mol. The predicted octanol–water partition coefficient (Wildman–Crippen LogP) is 4.75. The number of carboxylic acid groups (broad SMARTS) is 1. The summed E-state index contributed by atoms with van der Waals surface area (Å²) in [5.41, 5.74) is 2.01. The number of carbonyl (C=O) groups is 1. The Hall–Kier alpha value is -1.28. The number of benzene rings is 1. The number of hydrogen-bond donors (Lipinski definition) is 1. The zero-order valence-corrected chi connectivity index (χ0v) is 13.1. The van der Waals surface area contributed by atoms with Crippen LogP contribution in [0.15, 0.2) is 30.3 Å². The fourth-order valence-electron chi connectivity index (χ4n) is 2.74. The van der Waals surface area contributed by atoms with Crippen molar-refractivity contribution in [2.75, 3.05) is 0 Å². The van der Waals surface area contributed by atoms with E-state index >= 15 is 0 Å². The lowest BCUT2D eigenvalue weighted by atomic mass is 10.0. The zero-order chi connectivity index (χ0) is 15.1. The van der Waals surface area contributed by atoms with Crippen molar-refractivity contribution in [3.8, 4) is 0 Å². The summed E-state index contributed by atoms with van der Waals surface area (Å²) in [5, 5.41) is 9.81. The maximum Gasteiger partial charge on any atom is 0.307 e. The highest BCUT2D eigenvalue weighted by molar-refractivity contribution is 6.48. The highest BCUT2D eigenvalue weighted by Crippen LogP contribution is 2.59. The van der Waals surface area contributed by atoms with Crippen LogP contribution in [-0.2, 0) is 4.79 Å². The Morgan fingerprint density at radius 1 is 1.30 bits per heavy atom. The second-order valence-electron chi connectivity index (χ2n) is 6.45. The van der Waals surface area contributed by atoms with Gasteiger partial charge in [-0.1, -0.05) is 69.6 Å². The van der Waals surface area contributed by atoms with Gasteiger partial charge in [-0.3, -0.25) is 4.79 Å². The Morgan fingerprint density at radius 2 is 1.85 bits per heavy atom. The number of hydrogen-bond acceptors (Lipinski definition) is 1. The van der Waals surface area contributed by atoms with E-state index in [2.05, 4.69) is 26.0 Å². The van der Waals surface area contributed by atoms with Crippen LogP contribution in [0.5, 0.6) is 0 Å². The van der Waals surface area contributed by atoms with Gasteiger partial charge in [-0.15, -0.1) is 0 Å². The molecule has 0 bridgehead atoms. The summed E-state index contributed by atoms with van der Waals surface area (Å²) in [4.78, 5) is 11.2. The minimum absolute atomic E-state index is 0.0114. The second kappa shape index (κ2) is 5.25. The van der Waals surface area contributed by atoms with Gasteiger partial charge >= 0.3 is 5.97 Å². The third-order valence-electron chi connectivity index (χ3n) is 4.36. The van der Waals surface area contributed by atoms with E-state index in [0.29, 0.717) is 11.0 Å². The quantitative estimate of drug-likeness (QED) is 0.870. The van der Waals surface area contributed by atoms with Gasteiger partial charge in [-0.05, 0) is 28.4 Å². The van der Waals surface area contributed by atoms with Gasteiger partial charge in [0.25, 0.3) is 0 Å². The van der Waals surface area contributed by atoms with E-state index in [0.717, 1.165) is 5.56 Å². The summed E-state index contributed by atoms with van der Waals surface area (Å²) in [6.45, 7) is 8.24. The molecule has 1 aliphatic rings. The molecule has 2 rings (SSSR count). The van der Waals surface area contributed by atoms with Crippen LogP contribution < -0.4 is 0 Å². The molecule has 1 aromatic rings. The minimum atomic E-state index is -0.740. The first-order valence-corrected chi connectivity index (χ1v) is 7.33. The minimum Gasteiger partial charge on any atom is -0.481 e. The van der Waals surface area contributed by atoms with Gasteiger partial charge < -0.3 is 5.11 Å². The molecule has 2 atom stereocenters. The van der Waals surface area contributed by atoms with Crippen LogP contribution in [0.4, 0.5) is 0 Å². The Balaban J connectivity index is 2.18. The highest BCUT2D eigenvalue weighted by atomic mass is 35.5. The summed E-state index contributed by atoms with van der Waals surface area (Å²) >= 11 is 6.34. The highest BCUT2D eigenvalue weighted by Gasteiger charge is 2.61. The maximum atomic E-state index is 11.2. The molecule has 1 fully saturated rings. The van der Waals surface area contributed by atoms with Crippen molar-refractivity contribution in [2.45, 2.75) is 33.6 Å². The molecule has 0 aromatic heterocycles. The summed E-state index contributed by atoms with van der Waals surface area (Å²) in [6.07, 6.45) is 1.89. The van der Waals surface area contributed by atoms with Crippen LogP contribution in [0.2, 0.25) is 0 Å². The van der Waals surface area contributed by atoms with Gasteiger partial charge in [-0.25, -0.2) is 0 Å². The summed E-state index contributed by atoms with van der Waals surface area (Å²) < 4.78 is 0. The third kappa shape index (κ3) is 2.76. The summed E-state index contributed by atoms with van der Waals surface area (Å²) in [7, 11) is 0.